The Morgan fingerprint density at radius 3 is 2.60 bits per heavy atom. The number of rotatable bonds is 6. The van der Waals surface area contributed by atoms with Gasteiger partial charge in [-0.25, -0.2) is 0 Å². The number of methoxy groups -OCH3 is 1. The monoisotopic (exact) mass is 144 g/mol. The van der Waals surface area contributed by atoms with Gasteiger partial charge in [-0.2, -0.15) is 0 Å². The van der Waals surface area contributed by atoms with Crippen molar-refractivity contribution in [1.29, 1.82) is 0 Å². The van der Waals surface area contributed by atoms with Crippen LogP contribution in [0.3, 0.4) is 0 Å². The van der Waals surface area contributed by atoms with Crippen molar-refractivity contribution < 1.29 is 9.53 Å². The third-order valence-corrected chi connectivity index (χ3v) is 1.39. The summed E-state index contributed by atoms with van der Waals surface area (Å²) in [5, 5.41) is 0. The first-order chi connectivity index (χ1) is 4.81. The van der Waals surface area contributed by atoms with E-state index >= 15 is 0 Å². The van der Waals surface area contributed by atoms with Gasteiger partial charge in [0.1, 0.15) is 5.78 Å². The van der Waals surface area contributed by atoms with Crippen molar-refractivity contribution in [2.75, 3.05) is 13.7 Å². The molecule has 0 saturated carbocycles. The van der Waals surface area contributed by atoms with E-state index in [2.05, 4.69) is 6.92 Å². The van der Waals surface area contributed by atoms with Crippen LogP contribution in [0.25, 0.3) is 0 Å². The van der Waals surface area contributed by atoms with Gasteiger partial charge in [0, 0.05) is 20.0 Å². The van der Waals surface area contributed by atoms with Gasteiger partial charge in [0.15, 0.2) is 0 Å². The summed E-state index contributed by atoms with van der Waals surface area (Å²) in [5.74, 6) is 0.323. The Labute approximate surface area is 62.6 Å². The largest absolute Gasteiger partial charge is 0.384 e. The van der Waals surface area contributed by atoms with Crippen LogP contribution < -0.4 is 0 Å². The maximum Gasteiger partial charge on any atom is 0.135 e. The lowest BCUT2D eigenvalue weighted by Crippen LogP contribution is -2.01. The fourth-order valence-electron chi connectivity index (χ4n) is 0.715. The molecule has 0 bridgehead atoms. The molecule has 2 heteroatoms. The number of unbranched alkanes of at least 4 members (excludes halogenated alkanes) is 1. The molecule has 60 valence electrons. The summed E-state index contributed by atoms with van der Waals surface area (Å²) in [6.07, 6.45) is 3.41. The number of carbonyl (C=O) groups excluding carboxylic acids is 1. The first-order valence-electron chi connectivity index (χ1n) is 3.82. The summed E-state index contributed by atoms with van der Waals surface area (Å²) in [6, 6.07) is 0. The lowest BCUT2D eigenvalue weighted by atomic mass is 10.1. The first kappa shape index (κ1) is 9.63. The Morgan fingerprint density at radius 2 is 2.10 bits per heavy atom. The Balaban J connectivity index is 3.09. The SMILES string of the molecule is CCCCC(=O)CCOC. The van der Waals surface area contributed by atoms with E-state index in [0.717, 1.165) is 19.3 Å². The number of ether oxygens (including phenoxy) is 1. The van der Waals surface area contributed by atoms with E-state index in [-0.39, 0.29) is 0 Å². The standard InChI is InChI=1S/C8H16O2/c1-3-4-5-8(9)6-7-10-2/h3-7H2,1-2H3. The Morgan fingerprint density at radius 1 is 1.40 bits per heavy atom. The Kier molecular flexibility index (Phi) is 6.50. The van der Waals surface area contributed by atoms with Crippen LogP contribution >= 0.6 is 0 Å². The molecule has 0 amide bonds. The van der Waals surface area contributed by atoms with Crippen LogP contribution in [0, 0.1) is 0 Å². The number of hydrogen-bond acceptors (Lipinski definition) is 2. The molecule has 0 aliphatic rings. The summed E-state index contributed by atoms with van der Waals surface area (Å²) < 4.78 is 4.77. The van der Waals surface area contributed by atoms with Gasteiger partial charge >= 0.3 is 0 Å². The zero-order valence-corrected chi connectivity index (χ0v) is 6.85. The molecule has 0 aromatic heterocycles. The third kappa shape index (κ3) is 5.76. The predicted octanol–water partition coefficient (Wildman–Crippen LogP) is 1.78. The maximum atomic E-state index is 10.9. The van der Waals surface area contributed by atoms with Crippen molar-refractivity contribution in [3.63, 3.8) is 0 Å². The van der Waals surface area contributed by atoms with Crippen molar-refractivity contribution >= 4 is 5.78 Å². The van der Waals surface area contributed by atoms with Gasteiger partial charge < -0.3 is 4.74 Å². The summed E-state index contributed by atoms with van der Waals surface area (Å²) in [6.45, 7) is 2.66. The number of carbonyl (C=O) groups is 1. The highest BCUT2D eigenvalue weighted by molar-refractivity contribution is 5.78. The Hall–Kier alpha value is -0.370. The van der Waals surface area contributed by atoms with Crippen LogP contribution in [0.4, 0.5) is 0 Å². The van der Waals surface area contributed by atoms with Crippen LogP contribution in [0.1, 0.15) is 32.6 Å². The van der Waals surface area contributed by atoms with Gasteiger partial charge in [-0.3, -0.25) is 4.79 Å². The molecule has 0 aliphatic heterocycles. The fraction of sp³-hybridized carbons (Fsp3) is 0.875. The van der Waals surface area contributed by atoms with Crippen molar-refractivity contribution in [2.45, 2.75) is 32.6 Å². The van der Waals surface area contributed by atoms with Crippen molar-refractivity contribution in [2.24, 2.45) is 0 Å². The molecule has 0 aromatic rings. The van der Waals surface area contributed by atoms with Gasteiger partial charge in [-0.05, 0) is 6.42 Å². The summed E-state index contributed by atoms with van der Waals surface area (Å²) in [7, 11) is 1.62. The number of ketones is 1. The molecule has 2 nitrogen and oxygen atoms in total. The molecular weight excluding hydrogens is 128 g/mol. The summed E-state index contributed by atoms with van der Waals surface area (Å²) in [4.78, 5) is 10.9. The second-order valence-corrected chi connectivity index (χ2v) is 2.39. The molecule has 0 unspecified atom stereocenters. The van der Waals surface area contributed by atoms with Gasteiger partial charge in [-0.1, -0.05) is 13.3 Å². The molecule has 0 rings (SSSR count). The van der Waals surface area contributed by atoms with E-state index in [1.165, 1.54) is 0 Å². The molecule has 0 radical (unpaired) electrons. The van der Waals surface area contributed by atoms with Gasteiger partial charge in [0.25, 0.3) is 0 Å². The van der Waals surface area contributed by atoms with Crippen molar-refractivity contribution in [1.82, 2.24) is 0 Å². The quantitative estimate of drug-likeness (QED) is 0.568. The van der Waals surface area contributed by atoms with E-state index < -0.39 is 0 Å². The van der Waals surface area contributed by atoms with Crippen LogP contribution in [-0.4, -0.2) is 19.5 Å². The zero-order valence-electron chi connectivity index (χ0n) is 6.85. The van der Waals surface area contributed by atoms with Crippen molar-refractivity contribution in [3.05, 3.63) is 0 Å². The van der Waals surface area contributed by atoms with Crippen molar-refractivity contribution in [3.8, 4) is 0 Å². The highest BCUT2D eigenvalue weighted by Crippen LogP contribution is 1.97. The van der Waals surface area contributed by atoms with Gasteiger partial charge in [0.2, 0.25) is 0 Å². The van der Waals surface area contributed by atoms with Crippen LogP contribution in [-0.2, 0) is 9.53 Å². The predicted molar refractivity (Wildman–Crippen MR) is 41.0 cm³/mol. The number of Topliss-reactive ketones (excluding diaryl/α,β-unsaturated/α-hetero) is 1. The highest BCUT2D eigenvalue weighted by atomic mass is 16.5. The smallest absolute Gasteiger partial charge is 0.135 e. The summed E-state index contributed by atoms with van der Waals surface area (Å²) in [5.41, 5.74) is 0. The lowest BCUT2D eigenvalue weighted by molar-refractivity contribution is -0.120. The molecule has 0 atom stereocenters. The molecule has 0 spiro atoms. The van der Waals surface area contributed by atoms with E-state index in [9.17, 15) is 4.79 Å². The zero-order chi connectivity index (χ0) is 7.82. The average molecular weight is 144 g/mol. The van der Waals surface area contributed by atoms with Crippen LogP contribution in [0.2, 0.25) is 0 Å². The third-order valence-electron chi connectivity index (χ3n) is 1.39. The first-order valence-corrected chi connectivity index (χ1v) is 3.82. The second-order valence-electron chi connectivity index (χ2n) is 2.39. The summed E-state index contributed by atoms with van der Waals surface area (Å²) >= 11 is 0. The van der Waals surface area contributed by atoms with E-state index in [1.54, 1.807) is 7.11 Å². The van der Waals surface area contributed by atoms with Crippen LogP contribution in [0.15, 0.2) is 0 Å². The molecule has 10 heavy (non-hydrogen) atoms. The second kappa shape index (κ2) is 6.75. The molecule has 0 saturated heterocycles. The average Bonchev–Trinajstić information content (AvgIpc) is 1.97. The van der Waals surface area contributed by atoms with E-state index in [1.807, 2.05) is 0 Å². The molecule has 0 aromatic carbocycles. The highest BCUT2D eigenvalue weighted by Gasteiger charge is 1.98. The molecule has 0 heterocycles. The minimum atomic E-state index is 0.323. The molecule has 0 aliphatic carbocycles. The lowest BCUT2D eigenvalue weighted by Gasteiger charge is -1.97. The molecule has 0 fully saturated rings. The fourth-order valence-corrected chi connectivity index (χ4v) is 0.715. The van der Waals surface area contributed by atoms with Gasteiger partial charge in [-0.15, -0.1) is 0 Å². The molecule has 0 N–H and O–H groups in total. The minimum Gasteiger partial charge on any atom is -0.384 e. The topological polar surface area (TPSA) is 26.3 Å². The van der Waals surface area contributed by atoms with Gasteiger partial charge in [0.05, 0.1) is 6.61 Å². The normalized spacial score (nSPS) is 9.80. The Bertz CT molecular complexity index is 79.3. The van der Waals surface area contributed by atoms with Crippen LogP contribution in [0.5, 0.6) is 0 Å². The minimum absolute atomic E-state index is 0.323. The van der Waals surface area contributed by atoms with E-state index in [0.29, 0.717) is 18.8 Å². The number of hydrogen-bond donors (Lipinski definition) is 0. The molecular formula is C8H16O2. The maximum absolute atomic E-state index is 10.9. The van der Waals surface area contributed by atoms with E-state index in [4.69, 9.17) is 4.74 Å².